The van der Waals surface area contributed by atoms with Crippen LogP contribution in [0.25, 0.3) is 0 Å². The van der Waals surface area contributed by atoms with Crippen LogP contribution in [0.5, 0.6) is 5.75 Å². The molecule has 4 heterocycles. The van der Waals surface area contributed by atoms with Gasteiger partial charge in [0.2, 0.25) is 0 Å². The fraction of sp³-hybridized carbons (Fsp3) is 0.280. The summed E-state index contributed by atoms with van der Waals surface area (Å²) in [5, 5.41) is 5.88. The highest BCUT2D eigenvalue weighted by atomic mass is 16.5. The summed E-state index contributed by atoms with van der Waals surface area (Å²) in [6, 6.07) is 13.5. The number of ether oxygens (including phenoxy) is 1. The summed E-state index contributed by atoms with van der Waals surface area (Å²) in [7, 11) is 1.59. The van der Waals surface area contributed by atoms with Crippen LogP contribution in [0.3, 0.4) is 0 Å². The highest BCUT2D eigenvalue weighted by Gasteiger charge is 2.38. The third-order valence-corrected chi connectivity index (χ3v) is 6.39. The van der Waals surface area contributed by atoms with Crippen molar-refractivity contribution in [2.24, 2.45) is 5.92 Å². The van der Waals surface area contributed by atoms with E-state index in [9.17, 15) is 14.4 Å². The zero-order valence-corrected chi connectivity index (χ0v) is 18.7. The summed E-state index contributed by atoms with van der Waals surface area (Å²) in [5.41, 5.74) is 2.38. The molecule has 0 aliphatic carbocycles. The maximum absolute atomic E-state index is 13.0. The largest absolute Gasteiger partial charge is 0.497 e. The zero-order valence-electron chi connectivity index (χ0n) is 18.7. The number of aromatic nitrogens is 2. The Bertz CT molecular complexity index is 1270. The van der Waals surface area contributed by atoms with E-state index >= 15 is 0 Å². The first kappa shape index (κ1) is 21.7. The summed E-state index contributed by atoms with van der Waals surface area (Å²) in [6.07, 6.45) is 3.96. The first-order valence-electron chi connectivity index (χ1n) is 11.2. The van der Waals surface area contributed by atoms with Gasteiger partial charge < -0.3 is 24.8 Å². The molecule has 0 saturated carbocycles. The average Bonchev–Trinajstić information content (AvgIpc) is 2.86. The molecule has 5 rings (SSSR count). The Morgan fingerprint density at radius 1 is 1.03 bits per heavy atom. The Morgan fingerprint density at radius 2 is 1.85 bits per heavy atom. The standard InChI is InChI=1S/C25H25N5O4/c1-34-20-6-4-19(5-7-20)27-25(33)29-13-16-11-18(15-29)23-21(8-9-22(31)30(23)14-16)28-24(32)17-3-2-10-26-12-17/h2-10,12,16,18H,11,13-15H2,1H3,(H,27,33)(H,28,32)/t16-,18+/m0/s1. The van der Waals surface area contributed by atoms with Crippen LogP contribution in [0.4, 0.5) is 16.2 Å². The van der Waals surface area contributed by atoms with Crippen molar-refractivity contribution in [3.05, 3.63) is 82.5 Å². The molecule has 2 aromatic heterocycles. The van der Waals surface area contributed by atoms with E-state index in [4.69, 9.17) is 4.74 Å². The van der Waals surface area contributed by atoms with Crippen LogP contribution in [0.15, 0.2) is 65.7 Å². The molecule has 9 nitrogen and oxygen atoms in total. The maximum atomic E-state index is 13.0. The van der Waals surface area contributed by atoms with Crippen LogP contribution in [-0.4, -0.2) is 46.6 Å². The van der Waals surface area contributed by atoms with E-state index < -0.39 is 0 Å². The number of carbonyl (C=O) groups excluding carboxylic acids is 2. The van der Waals surface area contributed by atoms with Gasteiger partial charge in [-0.25, -0.2) is 4.79 Å². The van der Waals surface area contributed by atoms with Gasteiger partial charge in [0.25, 0.3) is 11.5 Å². The number of likely N-dealkylation sites (tertiary alicyclic amines) is 1. The van der Waals surface area contributed by atoms with Gasteiger partial charge in [0.05, 0.1) is 18.4 Å². The summed E-state index contributed by atoms with van der Waals surface area (Å²) in [6.45, 7) is 1.53. The minimum atomic E-state index is -0.290. The normalized spacial score (nSPS) is 18.6. The monoisotopic (exact) mass is 459 g/mol. The number of hydrogen-bond acceptors (Lipinski definition) is 5. The van der Waals surface area contributed by atoms with Gasteiger partial charge in [-0.15, -0.1) is 0 Å². The number of anilines is 2. The second-order valence-electron chi connectivity index (χ2n) is 8.64. The summed E-state index contributed by atoms with van der Waals surface area (Å²) in [5.74, 6) is 0.525. The minimum Gasteiger partial charge on any atom is -0.497 e. The number of benzene rings is 1. The van der Waals surface area contributed by atoms with E-state index in [-0.39, 0.29) is 29.3 Å². The Kier molecular flexibility index (Phi) is 5.75. The van der Waals surface area contributed by atoms with Crippen LogP contribution in [0, 0.1) is 5.92 Å². The van der Waals surface area contributed by atoms with Crippen molar-refractivity contribution in [1.82, 2.24) is 14.5 Å². The molecule has 2 bridgehead atoms. The quantitative estimate of drug-likeness (QED) is 0.624. The summed E-state index contributed by atoms with van der Waals surface area (Å²) < 4.78 is 6.91. The fourth-order valence-electron chi connectivity index (χ4n) is 4.85. The lowest BCUT2D eigenvalue weighted by Crippen LogP contribution is -2.50. The smallest absolute Gasteiger partial charge is 0.321 e. The van der Waals surface area contributed by atoms with Crippen LogP contribution >= 0.6 is 0 Å². The summed E-state index contributed by atoms with van der Waals surface area (Å²) in [4.78, 5) is 44.2. The second-order valence-corrected chi connectivity index (χ2v) is 8.64. The molecule has 2 aliphatic rings. The molecule has 1 fully saturated rings. The van der Waals surface area contributed by atoms with E-state index in [2.05, 4.69) is 15.6 Å². The lowest BCUT2D eigenvalue weighted by atomic mass is 9.82. The minimum absolute atomic E-state index is 0.0628. The third kappa shape index (κ3) is 4.24. The second kappa shape index (κ2) is 9.01. The zero-order chi connectivity index (χ0) is 23.7. The summed E-state index contributed by atoms with van der Waals surface area (Å²) >= 11 is 0. The molecule has 0 unspecified atom stereocenters. The molecule has 174 valence electrons. The number of amides is 3. The van der Waals surface area contributed by atoms with Crippen molar-refractivity contribution >= 4 is 23.3 Å². The molecule has 9 heteroatoms. The van der Waals surface area contributed by atoms with Gasteiger partial charge in [0.1, 0.15) is 5.75 Å². The van der Waals surface area contributed by atoms with E-state index in [1.807, 2.05) is 0 Å². The number of carbonyl (C=O) groups is 2. The van der Waals surface area contributed by atoms with E-state index in [1.54, 1.807) is 65.2 Å². The molecule has 2 atom stereocenters. The number of fused-ring (bicyclic) bond motifs is 4. The number of hydrogen-bond donors (Lipinski definition) is 2. The van der Waals surface area contributed by atoms with Crippen LogP contribution in [0.1, 0.15) is 28.4 Å². The fourth-order valence-corrected chi connectivity index (χ4v) is 4.85. The van der Waals surface area contributed by atoms with E-state index in [0.717, 1.165) is 12.1 Å². The molecule has 3 aromatic rings. The first-order chi connectivity index (χ1) is 16.5. The van der Waals surface area contributed by atoms with Gasteiger partial charge >= 0.3 is 6.03 Å². The molecule has 0 spiro atoms. The van der Waals surface area contributed by atoms with Gasteiger partial charge in [0.15, 0.2) is 0 Å². The number of methoxy groups -OCH3 is 1. The van der Waals surface area contributed by atoms with Crippen LogP contribution in [0.2, 0.25) is 0 Å². The van der Waals surface area contributed by atoms with Crippen LogP contribution < -0.4 is 20.9 Å². The molecular weight excluding hydrogens is 434 g/mol. The molecule has 34 heavy (non-hydrogen) atoms. The van der Waals surface area contributed by atoms with Crippen molar-refractivity contribution in [2.75, 3.05) is 30.8 Å². The molecule has 1 aromatic carbocycles. The van der Waals surface area contributed by atoms with Crippen LogP contribution in [-0.2, 0) is 6.54 Å². The van der Waals surface area contributed by atoms with Crippen molar-refractivity contribution in [2.45, 2.75) is 18.9 Å². The van der Waals surface area contributed by atoms with Gasteiger partial charge in [-0.1, -0.05) is 0 Å². The highest BCUT2D eigenvalue weighted by molar-refractivity contribution is 6.04. The molecule has 0 radical (unpaired) electrons. The number of nitrogens with one attached hydrogen (secondary N) is 2. The van der Waals surface area contributed by atoms with Crippen molar-refractivity contribution in [1.29, 1.82) is 0 Å². The van der Waals surface area contributed by atoms with Crippen molar-refractivity contribution in [3.8, 4) is 5.75 Å². The molecule has 3 amide bonds. The van der Waals surface area contributed by atoms with Gasteiger partial charge in [0, 0.05) is 55.4 Å². The topological polar surface area (TPSA) is 106 Å². The molecule has 2 aliphatic heterocycles. The third-order valence-electron chi connectivity index (χ3n) is 6.39. The maximum Gasteiger partial charge on any atom is 0.321 e. The lowest BCUT2D eigenvalue weighted by Gasteiger charge is -2.43. The van der Waals surface area contributed by atoms with E-state index in [1.165, 1.54) is 12.3 Å². The molecule has 2 N–H and O–H groups in total. The Hall–Kier alpha value is -4.14. The number of pyridine rings is 2. The first-order valence-corrected chi connectivity index (χ1v) is 11.2. The predicted molar refractivity (Wildman–Crippen MR) is 127 cm³/mol. The lowest BCUT2D eigenvalue weighted by molar-refractivity contribution is 0.102. The molecule has 1 saturated heterocycles. The SMILES string of the molecule is COc1ccc(NC(=O)N2C[C@@H]3C[C@H](C2)c2c(NC(=O)c4cccnc4)ccc(=O)n2C3)cc1. The van der Waals surface area contributed by atoms with Gasteiger partial charge in [-0.2, -0.15) is 0 Å². The highest BCUT2D eigenvalue weighted by Crippen LogP contribution is 2.38. The molecular formula is C25H25N5O4. The Labute approximate surface area is 196 Å². The van der Waals surface area contributed by atoms with Gasteiger partial charge in [-0.3, -0.25) is 14.6 Å². The van der Waals surface area contributed by atoms with Gasteiger partial charge in [-0.05, 0) is 54.8 Å². The number of rotatable bonds is 4. The number of nitrogens with zero attached hydrogens (tertiary/aromatic N) is 3. The van der Waals surface area contributed by atoms with Crippen molar-refractivity contribution in [3.63, 3.8) is 0 Å². The Balaban J connectivity index is 1.37. The predicted octanol–water partition coefficient (Wildman–Crippen LogP) is 3.16. The Morgan fingerprint density at radius 3 is 2.59 bits per heavy atom. The van der Waals surface area contributed by atoms with Crippen molar-refractivity contribution < 1.29 is 14.3 Å². The van der Waals surface area contributed by atoms with E-state index in [0.29, 0.717) is 42.3 Å². The number of piperidine rings is 1. The average molecular weight is 460 g/mol. The number of urea groups is 1.